The zero-order chi connectivity index (χ0) is 21.0. The average molecular weight is 394 g/mol. The molecule has 3 rings (SSSR count). The minimum absolute atomic E-state index is 0.0259. The molecular formula is C22H19FN2O4. The van der Waals surface area contributed by atoms with Crippen LogP contribution in [-0.2, 0) is 4.79 Å². The van der Waals surface area contributed by atoms with Gasteiger partial charge >= 0.3 is 0 Å². The van der Waals surface area contributed by atoms with Crippen LogP contribution in [0.15, 0.2) is 71.2 Å². The van der Waals surface area contributed by atoms with Gasteiger partial charge in [0.2, 0.25) is 5.91 Å². The summed E-state index contributed by atoms with van der Waals surface area (Å²) in [6, 6.07) is 15.4. The number of halogens is 1. The molecule has 0 fully saturated rings. The number of non-ortho nitro benzene ring substituents is 1. The number of nitro groups is 1. The van der Waals surface area contributed by atoms with Crippen LogP contribution in [0.5, 0.6) is 0 Å². The zero-order valence-electron chi connectivity index (χ0n) is 15.9. The number of furan rings is 1. The van der Waals surface area contributed by atoms with Crippen molar-refractivity contribution in [2.45, 2.75) is 13.0 Å². The number of rotatable bonds is 6. The van der Waals surface area contributed by atoms with E-state index in [-0.39, 0.29) is 23.5 Å². The maximum atomic E-state index is 13.9. The van der Waals surface area contributed by atoms with Gasteiger partial charge in [0.1, 0.15) is 17.3 Å². The third-order valence-electron chi connectivity index (χ3n) is 4.65. The van der Waals surface area contributed by atoms with Crippen LogP contribution in [0.3, 0.4) is 0 Å². The number of likely N-dealkylation sites (N-methyl/N-ethyl adjacent to an activating group) is 1. The number of benzene rings is 2. The largest absolute Gasteiger partial charge is 0.457 e. The molecule has 1 unspecified atom stereocenters. The first-order valence-corrected chi connectivity index (χ1v) is 8.91. The average Bonchev–Trinajstić information content (AvgIpc) is 3.20. The molecule has 1 heterocycles. The Labute approximate surface area is 167 Å². The third kappa shape index (κ3) is 4.57. The summed E-state index contributed by atoms with van der Waals surface area (Å²) in [4.78, 5) is 24.4. The lowest BCUT2D eigenvalue weighted by molar-refractivity contribution is -0.384. The number of carbonyl (C=O) groups excluding carboxylic acids is 1. The third-order valence-corrected chi connectivity index (χ3v) is 4.65. The monoisotopic (exact) mass is 394 g/mol. The van der Waals surface area contributed by atoms with Gasteiger partial charge in [0.25, 0.3) is 5.69 Å². The minimum atomic E-state index is -0.470. The van der Waals surface area contributed by atoms with E-state index in [1.807, 2.05) is 0 Å². The Kier molecular flexibility index (Phi) is 5.87. The Morgan fingerprint density at radius 1 is 1.17 bits per heavy atom. The van der Waals surface area contributed by atoms with E-state index in [1.165, 1.54) is 35.3 Å². The fourth-order valence-electron chi connectivity index (χ4n) is 2.83. The first-order chi connectivity index (χ1) is 13.9. The van der Waals surface area contributed by atoms with Gasteiger partial charge in [-0.25, -0.2) is 4.39 Å². The van der Waals surface area contributed by atoms with Crippen molar-refractivity contribution < 1.29 is 18.5 Å². The number of carbonyl (C=O) groups is 1. The van der Waals surface area contributed by atoms with Crippen molar-refractivity contribution in [1.29, 1.82) is 0 Å². The smallest absolute Gasteiger partial charge is 0.269 e. The summed E-state index contributed by atoms with van der Waals surface area (Å²) >= 11 is 0. The molecule has 0 radical (unpaired) electrons. The molecule has 0 aliphatic rings. The molecule has 0 saturated heterocycles. The number of nitrogens with zero attached hydrogens (tertiary/aromatic N) is 2. The number of hydrogen-bond donors (Lipinski definition) is 0. The van der Waals surface area contributed by atoms with E-state index in [0.717, 1.165) is 0 Å². The van der Waals surface area contributed by atoms with Gasteiger partial charge in [-0.05, 0) is 42.8 Å². The maximum Gasteiger partial charge on any atom is 0.269 e. The van der Waals surface area contributed by atoms with Crippen LogP contribution in [0.2, 0.25) is 0 Å². The van der Waals surface area contributed by atoms with Crippen molar-refractivity contribution in [3.63, 3.8) is 0 Å². The lowest BCUT2D eigenvalue weighted by Gasteiger charge is -2.24. The summed E-state index contributed by atoms with van der Waals surface area (Å²) < 4.78 is 19.4. The summed E-state index contributed by atoms with van der Waals surface area (Å²) in [5.41, 5.74) is 0.972. The highest BCUT2D eigenvalue weighted by Gasteiger charge is 2.18. The van der Waals surface area contributed by atoms with Gasteiger partial charge in [-0.1, -0.05) is 24.3 Å². The van der Waals surface area contributed by atoms with Crippen LogP contribution in [0.4, 0.5) is 10.1 Å². The van der Waals surface area contributed by atoms with Gasteiger partial charge < -0.3 is 9.32 Å². The summed E-state index contributed by atoms with van der Waals surface area (Å²) in [6.45, 7) is 1.79. The van der Waals surface area contributed by atoms with Gasteiger partial charge in [0.05, 0.1) is 16.5 Å². The Hall–Kier alpha value is -3.74. The number of amides is 1. The predicted molar refractivity (Wildman–Crippen MR) is 107 cm³/mol. The van der Waals surface area contributed by atoms with Crippen molar-refractivity contribution >= 4 is 17.7 Å². The van der Waals surface area contributed by atoms with Gasteiger partial charge in [-0.2, -0.15) is 0 Å². The van der Waals surface area contributed by atoms with Crippen molar-refractivity contribution in [3.8, 4) is 11.3 Å². The first-order valence-electron chi connectivity index (χ1n) is 8.91. The highest BCUT2D eigenvalue weighted by Crippen LogP contribution is 2.26. The van der Waals surface area contributed by atoms with Crippen LogP contribution in [-0.4, -0.2) is 22.8 Å². The van der Waals surface area contributed by atoms with E-state index in [1.54, 1.807) is 56.4 Å². The number of nitro benzene ring substituents is 1. The summed E-state index contributed by atoms with van der Waals surface area (Å²) in [6.07, 6.45) is 2.85. The molecule has 2 aromatic carbocycles. The Bertz CT molecular complexity index is 1070. The van der Waals surface area contributed by atoms with E-state index < -0.39 is 4.92 Å². The first kappa shape index (κ1) is 20.0. The topological polar surface area (TPSA) is 76.6 Å². The van der Waals surface area contributed by atoms with Crippen LogP contribution in [0, 0.1) is 15.9 Å². The molecule has 148 valence electrons. The fraction of sp³-hybridized carbons (Fsp3) is 0.136. The summed E-state index contributed by atoms with van der Waals surface area (Å²) in [5.74, 6) is 0.0911. The van der Waals surface area contributed by atoms with Crippen molar-refractivity contribution in [3.05, 3.63) is 94.0 Å². The van der Waals surface area contributed by atoms with Crippen molar-refractivity contribution in [1.82, 2.24) is 4.90 Å². The van der Waals surface area contributed by atoms with Gasteiger partial charge in [0, 0.05) is 25.3 Å². The molecule has 0 saturated carbocycles. The zero-order valence-corrected chi connectivity index (χ0v) is 15.9. The Morgan fingerprint density at radius 3 is 2.66 bits per heavy atom. The highest BCUT2D eigenvalue weighted by molar-refractivity contribution is 5.91. The molecule has 0 aliphatic heterocycles. The van der Waals surface area contributed by atoms with Crippen LogP contribution < -0.4 is 0 Å². The fourth-order valence-corrected chi connectivity index (χ4v) is 2.83. The Balaban J connectivity index is 1.71. The van der Waals surface area contributed by atoms with E-state index in [9.17, 15) is 19.3 Å². The molecule has 0 spiro atoms. The lowest BCUT2D eigenvalue weighted by Crippen LogP contribution is -2.28. The van der Waals surface area contributed by atoms with Gasteiger partial charge in [-0.3, -0.25) is 14.9 Å². The normalized spacial score (nSPS) is 12.1. The molecule has 0 aliphatic carbocycles. The summed E-state index contributed by atoms with van der Waals surface area (Å²) in [5, 5.41) is 10.9. The number of hydrogen-bond acceptors (Lipinski definition) is 4. The molecule has 1 amide bonds. The van der Waals surface area contributed by atoms with Crippen molar-refractivity contribution in [2.24, 2.45) is 0 Å². The molecule has 1 aromatic heterocycles. The van der Waals surface area contributed by atoms with Crippen LogP contribution in [0.1, 0.15) is 24.3 Å². The molecule has 1 atom stereocenters. The van der Waals surface area contributed by atoms with E-state index >= 15 is 0 Å². The van der Waals surface area contributed by atoms with E-state index in [0.29, 0.717) is 22.6 Å². The van der Waals surface area contributed by atoms with Gasteiger partial charge in [-0.15, -0.1) is 0 Å². The van der Waals surface area contributed by atoms with Crippen LogP contribution >= 0.6 is 0 Å². The van der Waals surface area contributed by atoms with Crippen molar-refractivity contribution in [2.75, 3.05) is 7.05 Å². The molecule has 29 heavy (non-hydrogen) atoms. The predicted octanol–water partition coefficient (Wildman–Crippen LogP) is 5.23. The van der Waals surface area contributed by atoms with Gasteiger partial charge in [0.15, 0.2) is 0 Å². The quantitative estimate of drug-likeness (QED) is 0.326. The minimum Gasteiger partial charge on any atom is -0.457 e. The molecule has 0 N–H and O–H groups in total. The van der Waals surface area contributed by atoms with Crippen LogP contribution in [0.25, 0.3) is 17.4 Å². The molecule has 3 aromatic rings. The maximum absolute atomic E-state index is 13.9. The second-order valence-electron chi connectivity index (χ2n) is 6.49. The molecule has 6 nitrogen and oxygen atoms in total. The molecule has 0 bridgehead atoms. The second-order valence-corrected chi connectivity index (χ2v) is 6.49. The van der Waals surface area contributed by atoms with E-state index in [4.69, 9.17) is 4.42 Å². The molecular weight excluding hydrogens is 375 g/mol. The summed E-state index contributed by atoms with van der Waals surface area (Å²) in [7, 11) is 1.61. The molecule has 7 heteroatoms. The lowest BCUT2D eigenvalue weighted by atomic mass is 10.1. The Morgan fingerprint density at radius 2 is 1.93 bits per heavy atom. The second kappa shape index (κ2) is 8.52. The van der Waals surface area contributed by atoms with E-state index in [2.05, 4.69) is 0 Å². The highest BCUT2D eigenvalue weighted by atomic mass is 19.1. The standard InChI is InChI=1S/C22H19FN2O4/c1-15(16-6-5-7-17(14-16)25(27)28)24(2)22(26)13-11-18-10-12-21(29-18)19-8-3-4-9-20(19)23/h3-15H,1-2H3/b13-11+. The SMILES string of the molecule is CC(c1cccc([N+](=O)[O-])c1)N(C)C(=O)/C=C/c1ccc(-c2ccccc2F)o1.